The van der Waals surface area contributed by atoms with Gasteiger partial charge in [-0.05, 0) is 41.8 Å². The van der Waals surface area contributed by atoms with Gasteiger partial charge in [0, 0.05) is 69.2 Å². The van der Waals surface area contributed by atoms with E-state index in [-0.39, 0.29) is 11.8 Å². The highest BCUT2D eigenvalue weighted by Gasteiger charge is 2.27. The van der Waals surface area contributed by atoms with Gasteiger partial charge in [-0.25, -0.2) is 0 Å². The molecule has 3 heterocycles. The van der Waals surface area contributed by atoms with Crippen LogP contribution in [0, 0.1) is 6.92 Å². The summed E-state index contributed by atoms with van der Waals surface area (Å²) in [6.45, 7) is 6.47. The van der Waals surface area contributed by atoms with Crippen molar-refractivity contribution < 1.29 is 14.3 Å². The SMILES string of the molecule is Cc1ccc(C(CC(=O)N2CCN(Cc3ccc4c(c3)OCO4)CC2)c2cn(C)c3ccccc23)cc1. The second-order valence-corrected chi connectivity index (χ2v) is 10.2. The topological polar surface area (TPSA) is 46.9 Å². The highest BCUT2D eigenvalue weighted by Crippen LogP contribution is 2.36. The van der Waals surface area contributed by atoms with Gasteiger partial charge in [0.25, 0.3) is 0 Å². The monoisotopic (exact) mass is 495 g/mol. The first-order valence-corrected chi connectivity index (χ1v) is 13.0. The van der Waals surface area contributed by atoms with Gasteiger partial charge in [0.1, 0.15) is 0 Å². The molecule has 1 saturated heterocycles. The summed E-state index contributed by atoms with van der Waals surface area (Å²) in [5.74, 6) is 1.88. The fourth-order valence-electron chi connectivity index (χ4n) is 5.61. The second kappa shape index (κ2) is 9.94. The molecule has 2 aliphatic heterocycles. The van der Waals surface area contributed by atoms with Crippen LogP contribution in [0.3, 0.4) is 0 Å². The van der Waals surface area contributed by atoms with E-state index in [2.05, 4.69) is 90.3 Å². The summed E-state index contributed by atoms with van der Waals surface area (Å²) in [5, 5.41) is 1.22. The molecule has 2 aliphatic rings. The summed E-state index contributed by atoms with van der Waals surface area (Å²) in [4.78, 5) is 18.1. The predicted molar refractivity (Wildman–Crippen MR) is 145 cm³/mol. The number of para-hydroxylation sites is 1. The van der Waals surface area contributed by atoms with Gasteiger partial charge in [0.2, 0.25) is 12.7 Å². The van der Waals surface area contributed by atoms with Crippen LogP contribution in [-0.4, -0.2) is 53.2 Å². The Morgan fingerprint density at radius 1 is 0.919 bits per heavy atom. The van der Waals surface area contributed by atoms with Crippen molar-refractivity contribution in [1.29, 1.82) is 0 Å². The second-order valence-electron chi connectivity index (χ2n) is 10.2. The van der Waals surface area contributed by atoms with Gasteiger partial charge in [-0.2, -0.15) is 0 Å². The van der Waals surface area contributed by atoms with E-state index in [0.29, 0.717) is 13.2 Å². The lowest BCUT2D eigenvalue weighted by molar-refractivity contribution is -0.133. The number of aromatic nitrogens is 1. The minimum absolute atomic E-state index is 0.0193. The minimum Gasteiger partial charge on any atom is -0.454 e. The summed E-state index contributed by atoms with van der Waals surface area (Å²) < 4.78 is 13.1. The van der Waals surface area contributed by atoms with Crippen LogP contribution in [0.1, 0.15) is 34.6 Å². The Kier molecular flexibility index (Phi) is 6.35. The third kappa shape index (κ3) is 4.81. The highest BCUT2D eigenvalue weighted by atomic mass is 16.7. The van der Waals surface area contributed by atoms with E-state index in [9.17, 15) is 4.79 Å². The van der Waals surface area contributed by atoms with Crippen LogP contribution >= 0.6 is 0 Å². The van der Waals surface area contributed by atoms with E-state index < -0.39 is 0 Å². The summed E-state index contributed by atoms with van der Waals surface area (Å²) >= 11 is 0. The molecule has 190 valence electrons. The number of fused-ring (bicyclic) bond motifs is 2. The van der Waals surface area contributed by atoms with Crippen molar-refractivity contribution in [2.24, 2.45) is 7.05 Å². The van der Waals surface area contributed by atoms with E-state index in [1.54, 1.807) is 0 Å². The van der Waals surface area contributed by atoms with Crippen molar-refractivity contribution in [2.75, 3.05) is 33.0 Å². The molecule has 1 aromatic heterocycles. The van der Waals surface area contributed by atoms with Crippen molar-refractivity contribution >= 4 is 16.8 Å². The molecule has 1 fully saturated rings. The molecule has 0 radical (unpaired) electrons. The lowest BCUT2D eigenvalue weighted by atomic mass is 9.87. The fraction of sp³-hybridized carbons (Fsp3) is 0.323. The standard InChI is InChI=1S/C31H33N3O3/c1-22-7-10-24(11-8-22)26(27-20-32(2)28-6-4-3-5-25(27)28)18-31(35)34-15-13-33(14-16-34)19-23-9-12-29-30(17-23)37-21-36-29/h3-12,17,20,26H,13-16,18-19,21H2,1-2H3. The number of aryl methyl sites for hydroxylation is 2. The fourth-order valence-corrected chi connectivity index (χ4v) is 5.61. The molecular weight excluding hydrogens is 462 g/mol. The molecule has 0 aliphatic carbocycles. The Bertz CT molecular complexity index is 1420. The summed E-state index contributed by atoms with van der Waals surface area (Å²) in [6, 6.07) is 23.3. The summed E-state index contributed by atoms with van der Waals surface area (Å²) in [5.41, 5.74) is 6.04. The van der Waals surface area contributed by atoms with E-state index in [1.165, 1.54) is 33.2 Å². The third-order valence-electron chi connectivity index (χ3n) is 7.73. The molecule has 3 aromatic carbocycles. The molecule has 4 aromatic rings. The molecule has 1 unspecified atom stereocenters. The number of nitrogens with zero attached hydrogens (tertiary/aromatic N) is 3. The molecule has 37 heavy (non-hydrogen) atoms. The molecule has 1 atom stereocenters. The van der Waals surface area contributed by atoms with Crippen LogP contribution < -0.4 is 9.47 Å². The van der Waals surface area contributed by atoms with Gasteiger partial charge >= 0.3 is 0 Å². The van der Waals surface area contributed by atoms with Gasteiger partial charge in [-0.15, -0.1) is 0 Å². The highest BCUT2D eigenvalue weighted by molar-refractivity contribution is 5.86. The maximum atomic E-state index is 13.6. The number of amides is 1. The smallest absolute Gasteiger partial charge is 0.231 e. The largest absolute Gasteiger partial charge is 0.454 e. The molecule has 0 N–H and O–H groups in total. The zero-order chi connectivity index (χ0) is 25.4. The third-order valence-corrected chi connectivity index (χ3v) is 7.73. The number of rotatable bonds is 6. The average molecular weight is 496 g/mol. The number of piperazine rings is 1. The van der Waals surface area contributed by atoms with E-state index in [0.717, 1.165) is 44.2 Å². The first kappa shape index (κ1) is 23.6. The number of ether oxygens (including phenoxy) is 2. The van der Waals surface area contributed by atoms with Crippen LogP contribution in [0.4, 0.5) is 0 Å². The van der Waals surface area contributed by atoms with Gasteiger partial charge in [-0.1, -0.05) is 54.1 Å². The van der Waals surface area contributed by atoms with Crippen LogP contribution in [-0.2, 0) is 18.4 Å². The number of carbonyl (C=O) groups excluding carboxylic acids is 1. The number of hydrogen-bond donors (Lipinski definition) is 0. The van der Waals surface area contributed by atoms with E-state index >= 15 is 0 Å². The molecule has 6 heteroatoms. The van der Waals surface area contributed by atoms with Crippen molar-refractivity contribution in [1.82, 2.24) is 14.4 Å². The minimum atomic E-state index is 0.0193. The normalized spacial score (nSPS) is 16.3. The van der Waals surface area contributed by atoms with Crippen molar-refractivity contribution in [2.45, 2.75) is 25.8 Å². The Labute approximate surface area is 218 Å². The van der Waals surface area contributed by atoms with Gasteiger partial charge in [0.05, 0.1) is 0 Å². The molecule has 6 rings (SSSR count). The zero-order valence-corrected chi connectivity index (χ0v) is 21.5. The maximum absolute atomic E-state index is 13.6. The molecule has 0 bridgehead atoms. The first-order valence-electron chi connectivity index (χ1n) is 13.0. The number of carbonyl (C=O) groups is 1. The van der Waals surface area contributed by atoms with E-state index in [1.807, 2.05) is 11.0 Å². The Balaban J connectivity index is 1.16. The van der Waals surface area contributed by atoms with Crippen LogP contribution in [0.5, 0.6) is 11.5 Å². The Morgan fingerprint density at radius 2 is 1.68 bits per heavy atom. The first-order chi connectivity index (χ1) is 18.0. The summed E-state index contributed by atoms with van der Waals surface area (Å²) in [6.07, 6.45) is 2.67. The van der Waals surface area contributed by atoms with Crippen LogP contribution in [0.25, 0.3) is 10.9 Å². The summed E-state index contributed by atoms with van der Waals surface area (Å²) in [7, 11) is 2.08. The van der Waals surface area contributed by atoms with Crippen LogP contribution in [0.2, 0.25) is 0 Å². The van der Waals surface area contributed by atoms with Gasteiger partial charge < -0.3 is 18.9 Å². The molecule has 0 saturated carbocycles. The van der Waals surface area contributed by atoms with Crippen molar-refractivity contribution in [3.63, 3.8) is 0 Å². The van der Waals surface area contributed by atoms with Crippen molar-refractivity contribution in [3.05, 3.63) is 95.2 Å². The molecule has 6 nitrogen and oxygen atoms in total. The zero-order valence-electron chi connectivity index (χ0n) is 21.5. The quantitative estimate of drug-likeness (QED) is 0.374. The van der Waals surface area contributed by atoms with Gasteiger partial charge in [-0.3, -0.25) is 9.69 Å². The van der Waals surface area contributed by atoms with Crippen molar-refractivity contribution in [3.8, 4) is 11.5 Å². The number of benzene rings is 3. The Hall–Kier alpha value is -3.77. The number of hydrogen-bond acceptors (Lipinski definition) is 4. The van der Waals surface area contributed by atoms with E-state index in [4.69, 9.17) is 9.47 Å². The average Bonchev–Trinajstić information content (AvgIpc) is 3.52. The Morgan fingerprint density at radius 3 is 2.49 bits per heavy atom. The van der Waals surface area contributed by atoms with Gasteiger partial charge in [0.15, 0.2) is 11.5 Å². The molecule has 1 amide bonds. The maximum Gasteiger partial charge on any atom is 0.231 e. The molecule has 0 spiro atoms. The van der Waals surface area contributed by atoms with Crippen LogP contribution in [0.15, 0.2) is 72.9 Å². The lowest BCUT2D eigenvalue weighted by Gasteiger charge is -2.35. The lowest BCUT2D eigenvalue weighted by Crippen LogP contribution is -2.48. The predicted octanol–water partition coefficient (Wildman–Crippen LogP) is 5.08. The molecular formula is C31H33N3O3.